The number of aromatic amines is 1. The molecule has 0 radical (unpaired) electrons. The van der Waals surface area contributed by atoms with Crippen LogP contribution in [0.25, 0.3) is 5.69 Å². The Hall–Kier alpha value is -2.77. The second-order valence-corrected chi connectivity index (χ2v) is 3.31. The minimum absolute atomic E-state index is 0.304. The van der Waals surface area contributed by atoms with E-state index in [1.807, 2.05) is 0 Å². The molecule has 7 nitrogen and oxygen atoms in total. The molecule has 2 N–H and O–H groups in total. The molecular formula is C10H6FN3O4. The molecule has 0 bridgehead atoms. The molecule has 8 heteroatoms. The Morgan fingerprint density at radius 3 is 2.56 bits per heavy atom. The van der Waals surface area contributed by atoms with Gasteiger partial charge in [-0.2, -0.15) is 0 Å². The fraction of sp³-hybridized carbons (Fsp3) is 0. The Morgan fingerprint density at radius 2 is 1.94 bits per heavy atom. The summed E-state index contributed by atoms with van der Waals surface area (Å²) in [5.41, 5.74) is -3.41. The van der Waals surface area contributed by atoms with E-state index in [9.17, 15) is 24.0 Å². The first-order valence-corrected chi connectivity index (χ1v) is 4.73. The summed E-state index contributed by atoms with van der Waals surface area (Å²) in [6, 6.07) is 5.05. The number of H-pyrrole nitrogens is 1. The van der Waals surface area contributed by atoms with Gasteiger partial charge in [0.15, 0.2) is 0 Å². The number of benzene rings is 1. The topological polar surface area (TPSA) is 105 Å². The lowest BCUT2D eigenvalue weighted by atomic mass is 10.3. The van der Waals surface area contributed by atoms with Crippen LogP contribution in [0.3, 0.4) is 0 Å². The molecule has 18 heavy (non-hydrogen) atoms. The predicted octanol–water partition coefficient (Wildman–Crippen LogP) is 0.768. The third-order valence-electron chi connectivity index (χ3n) is 2.25. The van der Waals surface area contributed by atoms with Gasteiger partial charge < -0.3 is 5.11 Å². The summed E-state index contributed by atoms with van der Waals surface area (Å²) in [7, 11) is 0. The van der Waals surface area contributed by atoms with E-state index in [4.69, 9.17) is 0 Å². The number of halogens is 1. The van der Waals surface area contributed by atoms with Crippen LogP contribution in [0.15, 0.2) is 39.0 Å². The molecule has 0 fully saturated rings. The third-order valence-corrected chi connectivity index (χ3v) is 2.25. The van der Waals surface area contributed by atoms with Crippen molar-refractivity contribution in [1.29, 1.82) is 0 Å². The monoisotopic (exact) mass is 251 g/mol. The molecule has 0 unspecified atom stereocenters. The van der Waals surface area contributed by atoms with Crippen LogP contribution in [0.4, 0.5) is 10.1 Å². The van der Waals surface area contributed by atoms with E-state index < -0.39 is 28.6 Å². The first kappa shape index (κ1) is 11.7. The maximum absolute atomic E-state index is 13.5. The lowest BCUT2D eigenvalue weighted by Gasteiger charge is -2.08. The smallest absolute Gasteiger partial charge is 0.336 e. The zero-order valence-electron chi connectivity index (χ0n) is 8.75. The van der Waals surface area contributed by atoms with Gasteiger partial charge in [-0.3, -0.25) is 9.78 Å². The Bertz CT molecular complexity index is 735. The zero-order valence-corrected chi connectivity index (χ0v) is 8.75. The average Bonchev–Trinajstić information content (AvgIpc) is 2.31. The van der Waals surface area contributed by atoms with Crippen LogP contribution in [0, 0.1) is 10.7 Å². The van der Waals surface area contributed by atoms with E-state index in [0.717, 1.165) is 6.07 Å². The number of aromatic nitrogens is 2. The average molecular weight is 251 g/mol. The van der Waals surface area contributed by atoms with Gasteiger partial charge >= 0.3 is 5.69 Å². The summed E-state index contributed by atoms with van der Waals surface area (Å²) in [4.78, 5) is 34.8. The van der Waals surface area contributed by atoms with Gasteiger partial charge in [-0.1, -0.05) is 12.1 Å². The minimum atomic E-state index is -1.14. The molecule has 0 saturated carbocycles. The summed E-state index contributed by atoms with van der Waals surface area (Å²) in [6.07, 6.45) is 0. The van der Waals surface area contributed by atoms with Crippen molar-refractivity contribution in [2.75, 3.05) is 0 Å². The Labute approximate surface area is 98.1 Å². The summed E-state index contributed by atoms with van der Waals surface area (Å²) in [6.45, 7) is 0. The molecule has 0 aliphatic rings. The van der Waals surface area contributed by atoms with Gasteiger partial charge in [0.25, 0.3) is 5.56 Å². The fourth-order valence-electron chi connectivity index (χ4n) is 1.45. The van der Waals surface area contributed by atoms with Gasteiger partial charge in [-0.05, 0) is 17.3 Å². The molecule has 2 aromatic rings. The van der Waals surface area contributed by atoms with Crippen LogP contribution in [0.1, 0.15) is 0 Å². The van der Waals surface area contributed by atoms with Crippen LogP contribution in [-0.2, 0) is 0 Å². The molecule has 0 aliphatic heterocycles. The molecule has 1 aromatic carbocycles. The highest BCUT2D eigenvalue weighted by atomic mass is 19.1. The van der Waals surface area contributed by atoms with Gasteiger partial charge in [0, 0.05) is 0 Å². The number of nitrogens with zero attached hydrogens (tertiary/aromatic N) is 2. The third kappa shape index (κ3) is 1.69. The van der Waals surface area contributed by atoms with E-state index in [1.54, 1.807) is 4.98 Å². The summed E-state index contributed by atoms with van der Waals surface area (Å²) < 4.78 is 14.0. The maximum Gasteiger partial charge on any atom is 0.336 e. The Morgan fingerprint density at radius 1 is 1.28 bits per heavy atom. The first-order chi connectivity index (χ1) is 8.56. The number of aromatic hydroxyl groups is 1. The van der Waals surface area contributed by atoms with Crippen LogP contribution >= 0.6 is 0 Å². The molecule has 0 amide bonds. The van der Waals surface area contributed by atoms with Crippen LogP contribution in [-0.4, -0.2) is 14.7 Å². The summed E-state index contributed by atoms with van der Waals surface area (Å²) in [5.74, 6) is -1.82. The van der Waals surface area contributed by atoms with Gasteiger partial charge in [0.1, 0.15) is 5.82 Å². The number of nitrogens with one attached hydrogen (secondary N) is 1. The number of hydrogen-bond donors (Lipinski definition) is 2. The van der Waals surface area contributed by atoms with E-state index in [2.05, 4.69) is 5.18 Å². The zero-order chi connectivity index (χ0) is 13.3. The number of nitroso groups, excluding NO2 is 1. The predicted molar refractivity (Wildman–Crippen MR) is 59.7 cm³/mol. The van der Waals surface area contributed by atoms with E-state index >= 15 is 0 Å². The summed E-state index contributed by atoms with van der Waals surface area (Å²) >= 11 is 0. The molecule has 1 heterocycles. The van der Waals surface area contributed by atoms with Gasteiger partial charge in [0.05, 0.1) is 5.69 Å². The van der Waals surface area contributed by atoms with Gasteiger partial charge in [0.2, 0.25) is 11.6 Å². The van der Waals surface area contributed by atoms with Crippen molar-refractivity contribution in [2.45, 2.75) is 0 Å². The lowest BCUT2D eigenvalue weighted by molar-refractivity contribution is 0.430. The van der Waals surface area contributed by atoms with Gasteiger partial charge in [-0.25, -0.2) is 13.8 Å². The van der Waals surface area contributed by atoms with Gasteiger partial charge in [-0.15, -0.1) is 4.91 Å². The molecule has 2 rings (SSSR count). The van der Waals surface area contributed by atoms with Crippen LogP contribution in [0.5, 0.6) is 5.88 Å². The van der Waals surface area contributed by atoms with Crippen molar-refractivity contribution < 1.29 is 9.50 Å². The molecule has 0 spiro atoms. The molecule has 0 atom stereocenters. The Balaban J connectivity index is 2.89. The maximum atomic E-state index is 13.5. The molecule has 0 aliphatic carbocycles. The highest BCUT2D eigenvalue weighted by Crippen LogP contribution is 2.23. The lowest BCUT2D eigenvalue weighted by Crippen LogP contribution is -2.29. The second-order valence-electron chi connectivity index (χ2n) is 3.31. The highest BCUT2D eigenvalue weighted by molar-refractivity contribution is 5.49. The second kappa shape index (κ2) is 4.24. The molecule has 0 saturated heterocycles. The van der Waals surface area contributed by atoms with E-state index in [0.29, 0.717) is 4.57 Å². The standard InChI is InChI=1S/C10H6FN3O4/c11-5-3-1-2-4-6(5)14-9(16)7(13-18)8(15)12-10(14)17/h1-4,16H,(H,12,15,17). The number of hydrogen-bond acceptors (Lipinski definition) is 5. The van der Waals surface area contributed by atoms with Crippen LogP contribution < -0.4 is 11.2 Å². The largest absolute Gasteiger partial charge is 0.492 e. The molecule has 92 valence electrons. The number of rotatable bonds is 2. The van der Waals surface area contributed by atoms with Crippen molar-refractivity contribution in [2.24, 2.45) is 5.18 Å². The van der Waals surface area contributed by atoms with Crippen molar-refractivity contribution in [3.8, 4) is 11.6 Å². The highest BCUT2D eigenvalue weighted by Gasteiger charge is 2.17. The van der Waals surface area contributed by atoms with Crippen LogP contribution in [0.2, 0.25) is 0 Å². The quantitative estimate of drug-likeness (QED) is 0.769. The van der Waals surface area contributed by atoms with Crippen molar-refractivity contribution in [1.82, 2.24) is 9.55 Å². The SMILES string of the molecule is O=Nc1c(O)n(-c2ccccc2F)c(=O)[nH]c1=O. The molecular weight excluding hydrogens is 245 g/mol. The number of para-hydroxylation sites is 1. The minimum Gasteiger partial charge on any atom is -0.492 e. The van der Waals surface area contributed by atoms with Crippen molar-refractivity contribution in [3.63, 3.8) is 0 Å². The van der Waals surface area contributed by atoms with E-state index in [1.165, 1.54) is 18.2 Å². The van der Waals surface area contributed by atoms with E-state index in [-0.39, 0.29) is 5.69 Å². The van der Waals surface area contributed by atoms with Crippen molar-refractivity contribution >= 4 is 5.69 Å². The first-order valence-electron chi connectivity index (χ1n) is 4.73. The normalized spacial score (nSPS) is 10.3. The summed E-state index contributed by atoms with van der Waals surface area (Å²) in [5, 5.41) is 11.9. The Kier molecular flexibility index (Phi) is 2.76. The fourth-order valence-corrected chi connectivity index (χ4v) is 1.45. The van der Waals surface area contributed by atoms with Crippen molar-refractivity contribution in [3.05, 3.63) is 55.8 Å². The molecule has 1 aromatic heterocycles.